The van der Waals surface area contributed by atoms with Gasteiger partial charge >= 0.3 is 5.97 Å². The highest BCUT2D eigenvalue weighted by Crippen LogP contribution is 2.19. The molecule has 2 aromatic heterocycles. The van der Waals surface area contributed by atoms with Crippen LogP contribution in [0, 0.1) is 6.92 Å². The molecule has 0 saturated heterocycles. The summed E-state index contributed by atoms with van der Waals surface area (Å²) >= 11 is 0. The van der Waals surface area contributed by atoms with Gasteiger partial charge in [-0.3, -0.25) is 4.40 Å². The van der Waals surface area contributed by atoms with E-state index in [1.54, 1.807) is 11.3 Å². The van der Waals surface area contributed by atoms with E-state index >= 15 is 0 Å². The summed E-state index contributed by atoms with van der Waals surface area (Å²) in [6.07, 6.45) is 1.84. The van der Waals surface area contributed by atoms with E-state index < -0.39 is 5.97 Å². The van der Waals surface area contributed by atoms with E-state index in [0.717, 1.165) is 18.8 Å². The van der Waals surface area contributed by atoms with Crippen molar-refractivity contribution in [3.63, 3.8) is 0 Å². The molecule has 0 atom stereocenters. The lowest BCUT2D eigenvalue weighted by atomic mass is 10.3. The number of anilines is 1. The topological polar surface area (TPSA) is 57.8 Å². The lowest BCUT2D eigenvalue weighted by Crippen LogP contribution is -2.22. The predicted octanol–water partition coefficient (Wildman–Crippen LogP) is 2.19. The number of carboxylic acid groups (broad SMARTS) is 1. The minimum atomic E-state index is -0.948. The first kappa shape index (κ1) is 12.4. The number of pyridine rings is 1. The first-order valence-corrected chi connectivity index (χ1v) is 6.05. The maximum atomic E-state index is 11.2. The van der Waals surface area contributed by atoms with Crippen molar-refractivity contribution in [3.8, 4) is 0 Å². The third kappa shape index (κ3) is 1.92. The van der Waals surface area contributed by atoms with Crippen LogP contribution in [0.15, 0.2) is 18.3 Å². The number of nitrogens with zero attached hydrogens (tertiary/aromatic N) is 3. The molecule has 1 N–H and O–H groups in total. The molecule has 0 fully saturated rings. The van der Waals surface area contributed by atoms with E-state index in [0.29, 0.717) is 11.3 Å². The van der Waals surface area contributed by atoms with Crippen molar-refractivity contribution in [3.05, 3.63) is 29.7 Å². The van der Waals surface area contributed by atoms with Crippen LogP contribution in [0.5, 0.6) is 0 Å². The number of hydrogen-bond acceptors (Lipinski definition) is 3. The highest BCUT2D eigenvalue weighted by atomic mass is 16.4. The quantitative estimate of drug-likeness (QED) is 0.899. The van der Waals surface area contributed by atoms with E-state index in [-0.39, 0.29) is 5.69 Å². The Morgan fingerprint density at radius 2 is 2.06 bits per heavy atom. The van der Waals surface area contributed by atoms with Gasteiger partial charge in [-0.1, -0.05) is 0 Å². The Balaban J connectivity index is 2.62. The van der Waals surface area contributed by atoms with Crippen LogP contribution in [0.25, 0.3) is 5.65 Å². The highest BCUT2D eigenvalue weighted by molar-refractivity contribution is 5.88. The Morgan fingerprint density at radius 1 is 1.39 bits per heavy atom. The molecular formula is C13H17N3O2. The molecule has 2 rings (SSSR count). The van der Waals surface area contributed by atoms with Gasteiger partial charge in [0, 0.05) is 19.3 Å². The van der Waals surface area contributed by atoms with E-state index in [1.165, 1.54) is 0 Å². The van der Waals surface area contributed by atoms with Crippen LogP contribution in [0.4, 0.5) is 5.69 Å². The maximum absolute atomic E-state index is 11.2. The largest absolute Gasteiger partial charge is 0.477 e. The van der Waals surface area contributed by atoms with Crippen LogP contribution in [0.2, 0.25) is 0 Å². The van der Waals surface area contributed by atoms with Gasteiger partial charge in [-0.05, 0) is 32.9 Å². The number of hydrogen-bond donors (Lipinski definition) is 1. The monoisotopic (exact) mass is 247 g/mol. The molecular weight excluding hydrogens is 230 g/mol. The summed E-state index contributed by atoms with van der Waals surface area (Å²) in [6, 6.07) is 3.83. The van der Waals surface area contributed by atoms with E-state index in [1.807, 2.05) is 18.3 Å². The number of imidazole rings is 1. The third-order valence-electron chi connectivity index (χ3n) is 3.11. The number of aromatic carboxylic acids is 1. The van der Waals surface area contributed by atoms with Crippen molar-refractivity contribution >= 4 is 17.3 Å². The van der Waals surface area contributed by atoms with Crippen molar-refractivity contribution < 1.29 is 9.90 Å². The second-order valence-corrected chi connectivity index (χ2v) is 4.14. The first-order chi connectivity index (χ1) is 8.58. The molecule has 0 bridgehead atoms. The molecule has 18 heavy (non-hydrogen) atoms. The Hall–Kier alpha value is -2.04. The Labute approximate surface area is 106 Å². The summed E-state index contributed by atoms with van der Waals surface area (Å²) in [5.74, 6) is -0.948. The Bertz CT molecular complexity index is 585. The zero-order valence-corrected chi connectivity index (χ0v) is 10.8. The normalized spacial score (nSPS) is 10.8. The molecule has 2 heterocycles. The fourth-order valence-corrected chi connectivity index (χ4v) is 2.18. The zero-order valence-electron chi connectivity index (χ0n) is 10.8. The molecule has 0 saturated carbocycles. The maximum Gasteiger partial charge on any atom is 0.354 e. The lowest BCUT2D eigenvalue weighted by molar-refractivity contribution is 0.0688. The van der Waals surface area contributed by atoms with Gasteiger partial charge in [0.05, 0.1) is 11.4 Å². The van der Waals surface area contributed by atoms with Crippen molar-refractivity contribution in [1.82, 2.24) is 9.38 Å². The number of rotatable bonds is 4. The fraction of sp³-hybridized carbons (Fsp3) is 0.385. The lowest BCUT2D eigenvalue weighted by Gasteiger charge is -2.20. The summed E-state index contributed by atoms with van der Waals surface area (Å²) in [6.45, 7) is 7.64. The van der Waals surface area contributed by atoms with Crippen molar-refractivity contribution in [2.24, 2.45) is 0 Å². The van der Waals surface area contributed by atoms with Gasteiger partial charge in [-0.25, -0.2) is 9.78 Å². The average molecular weight is 247 g/mol. The molecule has 0 aliphatic carbocycles. The molecule has 0 aliphatic rings. The van der Waals surface area contributed by atoms with Gasteiger partial charge in [0.1, 0.15) is 5.65 Å². The molecule has 0 spiro atoms. The summed E-state index contributed by atoms with van der Waals surface area (Å²) in [7, 11) is 0. The smallest absolute Gasteiger partial charge is 0.354 e. The van der Waals surface area contributed by atoms with E-state index in [4.69, 9.17) is 0 Å². The molecule has 0 amide bonds. The summed E-state index contributed by atoms with van der Waals surface area (Å²) in [5, 5.41) is 9.22. The van der Waals surface area contributed by atoms with Gasteiger partial charge in [-0.15, -0.1) is 0 Å². The van der Waals surface area contributed by atoms with Crippen molar-refractivity contribution in [1.29, 1.82) is 0 Å². The highest BCUT2D eigenvalue weighted by Gasteiger charge is 2.16. The second kappa shape index (κ2) is 4.68. The summed E-state index contributed by atoms with van der Waals surface area (Å²) in [4.78, 5) is 17.7. The molecule has 5 nitrogen and oxygen atoms in total. The van der Waals surface area contributed by atoms with Crippen LogP contribution in [-0.2, 0) is 0 Å². The first-order valence-electron chi connectivity index (χ1n) is 6.05. The fourth-order valence-electron chi connectivity index (χ4n) is 2.18. The summed E-state index contributed by atoms with van der Waals surface area (Å²) in [5.41, 5.74) is 2.45. The van der Waals surface area contributed by atoms with Crippen LogP contribution < -0.4 is 4.90 Å². The number of aromatic nitrogens is 2. The van der Waals surface area contributed by atoms with Crippen molar-refractivity contribution in [2.45, 2.75) is 20.8 Å². The SMILES string of the molecule is CCN(CC)c1ccc2nc(C)c(C(=O)O)n2c1. The molecule has 0 unspecified atom stereocenters. The molecule has 5 heteroatoms. The predicted molar refractivity (Wildman–Crippen MR) is 70.4 cm³/mol. The van der Waals surface area contributed by atoms with E-state index in [2.05, 4.69) is 23.7 Å². The minimum absolute atomic E-state index is 0.235. The molecule has 96 valence electrons. The van der Waals surface area contributed by atoms with Gasteiger partial charge in [-0.2, -0.15) is 0 Å². The van der Waals surface area contributed by atoms with Crippen LogP contribution in [0.1, 0.15) is 30.0 Å². The van der Waals surface area contributed by atoms with Gasteiger partial charge < -0.3 is 10.0 Å². The third-order valence-corrected chi connectivity index (χ3v) is 3.11. The van der Waals surface area contributed by atoms with Crippen LogP contribution >= 0.6 is 0 Å². The number of fused-ring (bicyclic) bond motifs is 1. The molecule has 0 aromatic carbocycles. The van der Waals surface area contributed by atoms with Crippen LogP contribution in [-0.4, -0.2) is 33.6 Å². The molecule has 0 radical (unpaired) electrons. The molecule has 2 aromatic rings. The minimum Gasteiger partial charge on any atom is -0.477 e. The average Bonchev–Trinajstić information content (AvgIpc) is 2.66. The van der Waals surface area contributed by atoms with Crippen LogP contribution in [0.3, 0.4) is 0 Å². The Morgan fingerprint density at radius 3 is 2.61 bits per heavy atom. The second-order valence-electron chi connectivity index (χ2n) is 4.14. The van der Waals surface area contributed by atoms with Gasteiger partial charge in [0.2, 0.25) is 0 Å². The molecule has 0 aliphatic heterocycles. The number of aryl methyl sites for hydroxylation is 1. The Kier molecular flexibility index (Phi) is 3.23. The van der Waals surface area contributed by atoms with E-state index in [9.17, 15) is 9.90 Å². The standard InChI is InChI=1S/C13H17N3O2/c1-4-15(5-2)10-6-7-11-14-9(3)12(13(17)18)16(11)8-10/h6-8H,4-5H2,1-3H3,(H,17,18). The van der Waals surface area contributed by atoms with Gasteiger partial charge in [0.25, 0.3) is 0 Å². The van der Waals surface area contributed by atoms with Crippen molar-refractivity contribution in [2.75, 3.05) is 18.0 Å². The number of carbonyl (C=O) groups is 1. The number of carboxylic acids is 1. The summed E-state index contributed by atoms with van der Waals surface area (Å²) < 4.78 is 1.64. The zero-order chi connectivity index (χ0) is 13.3. The van der Waals surface area contributed by atoms with Gasteiger partial charge in [0.15, 0.2) is 5.69 Å².